The number of benzene rings is 1. The highest BCUT2D eigenvalue weighted by Crippen LogP contribution is 2.35. The van der Waals surface area contributed by atoms with Crippen LogP contribution in [0.1, 0.15) is 35.2 Å². The van der Waals surface area contributed by atoms with Gasteiger partial charge in [-0.3, -0.25) is 4.79 Å². The van der Waals surface area contributed by atoms with Gasteiger partial charge in [0.05, 0.1) is 5.39 Å². The first-order chi connectivity index (χ1) is 11.6. The molecule has 0 aliphatic heterocycles. The highest BCUT2D eigenvalue weighted by molar-refractivity contribution is 7.18. The van der Waals surface area contributed by atoms with Crippen LogP contribution in [0.5, 0.6) is 5.75 Å². The van der Waals surface area contributed by atoms with E-state index in [4.69, 9.17) is 0 Å². The van der Waals surface area contributed by atoms with Crippen molar-refractivity contribution in [2.24, 2.45) is 5.92 Å². The van der Waals surface area contributed by atoms with Crippen molar-refractivity contribution >= 4 is 33.7 Å². The van der Waals surface area contributed by atoms with Crippen LogP contribution in [-0.4, -0.2) is 15.1 Å². The summed E-state index contributed by atoms with van der Waals surface area (Å²) in [5.74, 6) is 1.44. The molecule has 0 unspecified atom stereocenters. The molecule has 0 amide bonds. The SMILES string of the molecule is C[C@H]1CCc2c(sc3nc(/C=C/c4cccc(O)c4)[nH]c(=O)c23)C1. The molecule has 1 atom stereocenters. The monoisotopic (exact) mass is 338 g/mol. The molecule has 0 saturated heterocycles. The smallest absolute Gasteiger partial charge is 0.260 e. The molecule has 0 fully saturated rings. The van der Waals surface area contributed by atoms with Gasteiger partial charge >= 0.3 is 0 Å². The quantitative estimate of drug-likeness (QED) is 0.742. The number of hydrogen-bond acceptors (Lipinski definition) is 4. The molecule has 2 heterocycles. The third kappa shape index (κ3) is 2.76. The minimum Gasteiger partial charge on any atom is -0.508 e. The van der Waals surface area contributed by atoms with E-state index in [0.29, 0.717) is 11.7 Å². The van der Waals surface area contributed by atoms with Gasteiger partial charge in [0.15, 0.2) is 0 Å². The number of thiophene rings is 1. The van der Waals surface area contributed by atoms with E-state index >= 15 is 0 Å². The maximum absolute atomic E-state index is 12.5. The molecule has 0 spiro atoms. The zero-order chi connectivity index (χ0) is 16.7. The molecule has 0 radical (unpaired) electrons. The standard InChI is InChI=1S/C19H18N2O2S/c1-11-5-7-14-15(9-11)24-19-17(14)18(23)20-16(21-19)8-6-12-3-2-4-13(22)10-12/h2-4,6,8,10-11,22H,5,7,9H2,1H3,(H,20,21,23)/b8-6+/t11-/m0/s1. The van der Waals surface area contributed by atoms with Crippen LogP contribution < -0.4 is 5.56 Å². The van der Waals surface area contributed by atoms with Crippen LogP contribution in [0.4, 0.5) is 0 Å². The van der Waals surface area contributed by atoms with Crippen LogP contribution in [0.2, 0.25) is 0 Å². The number of aryl methyl sites for hydroxylation is 1. The number of fused-ring (bicyclic) bond motifs is 3. The van der Waals surface area contributed by atoms with Crippen LogP contribution in [0.15, 0.2) is 29.1 Å². The Balaban J connectivity index is 1.74. The first kappa shape index (κ1) is 15.1. The molecule has 4 nitrogen and oxygen atoms in total. The van der Waals surface area contributed by atoms with Crippen LogP contribution in [0.3, 0.4) is 0 Å². The van der Waals surface area contributed by atoms with E-state index in [1.165, 1.54) is 10.4 Å². The van der Waals surface area contributed by atoms with Gasteiger partial charge in [0.1, 0.15) is 16.4 Å². The molecule has 2 N–H and O–H groups in total. The predicted octanol–water partition coefficient (Wildman–Crippen LogP) is 3.99. The summed E-state index contributed by atoms with van der Waals surface area (Å²) < 4.78 is 0. The number of rotatable bonds is 2. The van der Waals surface area contributed by atoms with Crippen molar-refractivity contribution < 1.29 is 5.11 Å². The molecule has 0 bridgehead atoms. The topological polar surface area (TPSA) is 66.0 Å². The Bertz CT molecular complexity index is 1000. The first-order valence-corrected chi connectivity index (χ1v) is 8.93. The van der Waals surface area contributed by atoms with Gasteiger partial charge in [-0.05, 0) is 54.5 Å². The van der Waals surface area contributed by atoms with Crippen molar-refractivity contribution in [3.63, 3.8) is 0 Å². The minimum atomic E-state index is -0.0531. The second-order valence-electron chi connectivity index (χ2n) is 6.41. The predicted molar refractivity (Wildman–Crippen MR) is 98.5 cm³/mol. The number of hydrogen-bond donors (Lipinski definition) is 2. The Labute approximate surface area is 143 Å². The average Bonchev–Trinajstić information content (AvgIpc) is 2.90. The van der Waals surface area contributed by atoms with E-state index in [2.05, 4.69) is 16.9 Å². The van der Waals surface area contributed by atoms with Gasteiger partial charge in [0.2, 0.25) is 0 Å². The lowest BCUT2D eigenvalue weighted by molar-refractivity contribution is 0.475. The molecule has 2 aromatic heterocycles. The molecular weight excluding hydrogens is 320 g/mol. The molecule has 1 aromatic carbocycles. The zero-order valence-electron chi connectivity index (χ0n) is 13.4. The molecular formula is C19H18N2O2S. The minimum absolute atomic E-state index is 0.0531. The largest absolute Gasteiger partial charge is 0.508 e. The third-order valence-electron chi connectivity index (χ3n) is 4.49. The molecule has 5 heteroatoms. The summed E-state index contributed by atoms with van der Waals surface area (Å²) in [5, 5.41) is 10.3. The Kier molecular flexibility index (Phi) is 3.73. The molecule has 24 heavy (non-hydrogen) atoms. The van der Waals surface area contributed by atoms with Gasteiger partial charge in [-0.2, -0.15) is 0 Å². The van der Waals surface area contributed by atoms with Gasteiger partial charge in [0.25, 0.3) is 5.56 Å². The number of aromatic amines is 1. The number of aromatic nitrogens is 2. The second-order valence-corrected chi connectivity index (χ2v) is 7.50. The Morgan fingerprint density at radius 3 is 3.08 bits per heavy atom. The Morgan fingerprint density at radius 1 is 1.38 bits per heavy atom. The summed E-state index contributed by atoms with van der Waals surface area (Å²) in [5.41, 5.74) is 2.00. The number of nitrogens with zero attached hydrogens (tertiary/aromatic N) is 1. The van der Waals surface area contributed by atoms with E-state index in [-0.39, 0.29) is 11.3 Å². The second kappa shape index (κ2) is 5.91. The first-order valence-electron chi connectivity index (χ1n) is 8.12. The van der Waals surface area contributed by atoms with Crippen molar-refractivity contribution in [1.82, 2.24) is 9.97 Å². The number of aromatic hydroxyl groups is 1. The lowest BCUT2D eigenvalue weighted by atomic mass is 9.89. The van der Waals surface area contributed by atoms with E-state index in [1.807, 2.05) is 12.1 Å². The summed E-state index contributed by atoms with van der Waals surface area (Å²) in [6.45, 7) is 2.26. The maximum Gasteiger partial charge on any atom is 0.260 e. The summed E-state index contributed by atoms with van der Waals surface area (Å²) in [7, 11) is 0. The van der Waals surface area contributed by atoms with Gasteiger partial charge < -0.3 is 10.1 Å². The molecule has 1 aliphatic rings. The summed E-state index contributed by atoms with van der Waals surface area (Å²) >= 11 is 1.65. The number of H-pyrrole nitrogens is 1. The molecule has 3 aromatic rings. The highest BCUT2D eigenvalue weighted by atomic mass is 32.1. The fourth-order valence-corrected chi connectivity index (χ4v) is 4.64. The van der Waals surface area contributed by atoms with Crippen LogP contribution in [0, 0.1) is 5.92 Å². The normalized spacial score (nSPS) is 17.5. The fraction of sp³-hybridized carbons (Fsp3) is 0.263. The molecule has 4 rings (SSSR count). The Morgan fingerprint density at radius 2 is 2.25 bits per heavy atom. The summed E-state index contributed by atoms with van der Waals surface area (Å²) in [6.07, 6.45) is 6.76. The van der Waals surface area contributed by atoms with Crippen molar-refractivity contribution in [2.75, 3.05) is 0 Å². The van der Waals surface area contributed by atoms with Crippen molar-refractivity contribution in [2.45, 2.75) is 26.2 Å². The molecule has 122 valence electrons. The van der Waals surface area contributed by atoms with Crippen LogP contribution in [-0.2, 0) is 12.8 Å². The van der Waals surface area contributed by atoms with E-state index in [9.17, 15) is 9.90 Å². The van der Waals surface area contributed by atoms with Gasteiger partial charge in [-0.1, -0.05) is 25.1 Å². The zero-order valence-corrected chi connectivity index (χ0v) is 14.2. The maximum atomic E-state index is 12.5. The van der Waals surface area contributed by atoms with E-state index < -0.39 is 0 Å². The summed E-state index contributed by atoms with van der Waals surface area (Å²) in [4.78, 5) is 22.2. The number of phenols is 1. The van der Waals surface area contributed by atoms with Crippen molar-refractivity contribution in [3.05, 3.63) is 56.4 Å². The van der Waals surface area contributed by atoms with Gasteiger partial charge in [-0.25, -0.2) is 4.98 Å². The van der Waals surface area contributed by atoms with E-state index in [1.54, 1.807) is 35.6 Å². The lowest BCUT2D eigenvalue weighted by Crippen LogP contribution is -2.13. The third-order valence-corrected chi connectivity index (χ3v) is 5.64. The van der Waals surface area contributed by atoms with Crippen LogP contribution >= 0.6 is 11.3 Å². The van der Waals surface area contributed by atoms with Crippen molar-refractivity contribution in [1.29, 1.82) is 0 Å². The highest BCUT2D eigenvalue weighted by Gasteiger charge is 2.22. The van der Waals surface area contributed by atoms with Crippen molar-refractivity contribution in [3.8, 4) is 5.75 Å². The Hall–Kier alpha value is -2.40. The average molecular weight is 338 g/mol. The van der Waals surface area contributed by atoms with Crippen LogP contribution in [0.25, 0.3) is 22.4 Å². The molecule has 0 saturated carbocycles. The lowest BCUT2D eigenvalue weighted by Gasteiger charge is -2.17. The molecule has 1 aliphatic carbocycles. The number of nitrogens with one attached hydrogen (secondary N) is 1. The van der Waals surface area contributed by atoms with Gasteiger partial charge in [0, 0.05) is 4.88 Å². The summed E-state index contributed by atoms with van der Waals surface area (Å²) in [6, 6.07) is 6.96. The van der Waals surface area contributed by atoms with Gasteiger partial charge in [-0.15, -0.1) is 11.3 Å². The van der Waals surface area contributed by atoms with E-state index in [0.717, 1.165) is 35.0 Å². The fourth-order valence-electron chi connectivity index (χ4n) is 3.25. The number of phenolic OH excluding ortho intramolecular Hbond substituents is 1.